The van der Waals surface area contributed by atoms with E-state index in [0.29, 0.717) is 0 Å². The minimum absolute atomic E-state index is 0.188. The van der Waals surface area contributed by atoms with E-state index in [0.717, 1.165) is 24.0 Å². The highest BCUT2D eigenvalue weighted by atomic mass is 16.5. The van der Waals surface area contributed by atoms with E-state index in [1.54, 1.807) is 0 Å². The molecule has 0 atom stereocenters. The molecule has 1 aliphatic carbocycles. The van der Waals surface area contributed by atoms with Crippen molar-refractivity contribution in [1.29, 1.82) is 0 Å². The van der Waals surface area contributed by atoms with E-state index in [9.17, 15) is 4.79 Å². The number of hydrogen-bond acceptors (Lipinski definition) is 2. The summed E-state index contributed by atoms with van der Waals surface area (Å²) >= 11 is 0. The van der Waals surface area contributed by atoms with Gasteiger partial charge in [0.1, 0.15) is 0 Å². The summed E-state index contributed by atoms with van der Waals surface area (Å²) in [6.45, 7) is 1.93. The molecule has 2 nitrogen and oxygen atoms in total. The largest absolute Gasteiger partial charge is 0.466 e. The second-order valence-corrected chi connectivity index (χ2v) is 2.59. The Balaban J connectivity index is 2.83. The molecule has 0 aromatic carbocycles. The molecule has 0 saturated carbocycles. The van der Waals surface area contributed by atoms with Gasteiger partial charge in [-0.25, -0.2) is 4.79 Å². The molecule has 0 unspecified atom stereocenters. The summed E-state index contributed by atoms with van der Waals surface area (Å²) in [5.41, 5.74) is 1.85. The molecule has 0 bridgehead atoms. The Morgan fingerprint density at radius 2 is 2.36 bits per heavy atom. The highest BCUT2D eigenvalue weighted by molar-refractivity contribution is 5.90. The number of allylic oxidation sites excluding steroid dienone is 3. The smallest absolute Gasteiger partial charge is 0.333 e. The van der Waals surface area contributed by atoms with Crippen LogP contribution in [0.5, 0.6) is 0 Å². The SMILES string of the molecule is COC(=O)C1=C(C)C=CCC1. The van der Waals surface area contributed by atoms with E-state index < -0.39 is 0 Å². The van der Waals surface area contributed by atoms with Crippen LogP contribution in [0.25, 0.3) is 0 Å². The molecule has 0 fully saturated rings. The first-order chi connectivity index (χ1) is 5.25. The molecule has 0 heterocycles. The number of hydrogen-bond donors (Lipinski definition) is 0. The van der Waals surface area contributed by atoms with E-state index in [2.05, 4.69) is 10.8 Å². The van der Waals surface area contributed by atoms with Crippen molar-refractivity contribution >= 4 is 5.97 Å². The number of carbonyl (C=O) groups excluding carboxylic acids is 1. The van der Waals surface area contributed by atoms with E-state index in [-0.39, 0.29) is 5.97 Å². The molecule has 0 spiro atoms. The quantitative estimate of drug-likeness (QED) is 0.536. The maximum absolute atomic E-state index is 11.1. The minimum atomic E-state index is -0.188. The fourth-order valence-corrected chi connectivity index (χ4v) is 1.17. The Morgan fingerprint density at radius 3 is 2.91 bits per heavy atom. The third-order valence-corrected chi connectivity index (χ3v) is 1.84. The van der Waals surface area contributed by atoms with Gasteiger partial charge in [-0.15, -0.1) is 0 Å². The number of methoxy groups -OCH3 is 1. The Morgan fingerprint density at radius 1 is 1.64 bits per heavy atom. The summed E-state index contributed by atoms with van der Waals surface area (Å²) in [6.07, 6.45) is 5.80. The topological polar surface area (TPSA) is 26.3 Å². The molecule has 1 aliphatic rings. The molecule has 11 heavy (non-hydrogen) atoms. The fourth-order valence-electron chi connectivity index (χ4n) is 1.17. The first-order valence-electron chi connectivity index (χ1n) is 3.70. The van der Waals surface area contributed by atoms with Crippen molar-refractivity contribution in [1.82, 2.24) is 0 Å². The first kappa shape index (κ1) is 8.05. The van der Waals surface area contributed by atoms with Crippen LogP contribution in [0.2, 0.25) is 0 Å². The molecule has 2 heteroatoms. The lowest BCUT2D eigenvalue weighted by Crippen LogP contribution is -2.08. The van der Waals surface area contributed by atoms with Gasteiger partial charge >= 0.3 is 5.97 Å². The second-order valence-electron chi connectivity index (χ2n) is 2.59. The van der Waals surface area contributed by atoms with E-state index >= 15 is 0 Å². The number of rotatable bonds is 1. The van der Waals surface area contributed by atoms with Gasteiger partial charge in [-0.2, -0.15) is 0 Å². The number of esters is 1. The van der Waals surface area contributed by atoms with Gasteiger partial charge in [0.2, 0.25) is 0 Å². The first-order valence-corrected chi connectivity index (χ1v) is 3.70. The summed E-state index contributed by atoms with van der Waals surface area (Å²) in [4.78, 5) is 11.1. The zero-order valence-electron chi connectivity index (χ0n) is 6.89. The van der Waals surface area contributed by atoms with E-state index in [1.807, 2.05) is 13.0 Å². The van der Waals surface area contributed by atoms with Crippen LogP contribution in [0.4, 0.5) is 0 Å². The zero-order valence-corrected chi connectivity index (χ0v) is 6.89. The second kappa shape index (κ2) is 3.37. The van der Waals surface area contributed by atoms with Crippen molar-refractivity contribution in [3.63, 3.8) is 0 Å². The molecule has 1 rings (SSSR count). The summed E-state index contributed by atoms with van der Waals surface area (Å²) in [5, 5.41) is 0. The van der Waals surface area contributed by atoms with Gasteiger partial charge in [0.05, 0.1) is 7.11 Å². The van der Waals surface area contributed by atoms with Gasteiger partial charge in [0, 0.05) is 5.57 Å². The summed E-state index contributed by atoms with van der Waals surface area (Å²) < 4.78 is 4.63. The van der Waals surface area contributed by atoms with Crippen molar-refractivity contribution in [3.8, 4) is 0 Å². The third kappa shape index (κ3) is 1.70. The predicted octanol–water partition coefficient (Wildman–Crippen LogP) is 1.83. The van der Waals surface area contributed by atoms with Crippen LogP contribution in [-0.2, 0) is 9.53 Å². The van der Waals surface area contributed by atoms with Crippen LogP contribution < -0.4 is 0 Å². The van der Waals surface area contributed by atoms with Gasteiger partial charge in [-0.1, -0.05) is 12.2 Å². The molecule has 0 radical (unpaired) electrons. The molecule has 0 N–H and O–H groups in total. The lowest BCUT2D eigenvalue weighted by Gasteiger charge is -2.09. The maximum Gasteiger partial charge on any atom is 0.333 e. The van der Waals surface area contributed by atoms with Crippen LogP contribution in [0.1, 0.15) is 19.8 Å². The Labute approximate surface area is 66.5 Å². The summed E-state index contributed by atoms with van der Waals surface area (Å²) in [5.74, 6) is -0.188. The van der Waals surface area contributed by atoms with Gasteiger partial charge in [0.25, 0.3) is 0 Å². The standard InChI is InChI=1S/C9H12O2/c1-7-5-3-4-6-8(7)9(10)11-2/h3,5H,4,6H2,1-2H3. The minimum Gasteiger partial charge on any atom is -0.466 e. The van der Waals surface area contributed by atoms with Crippen molar-refractivity contribution in [2.45, 2.75) is 19.8 Å². The monoisotopic (exact) mass is 152 g/mol. The van der Waals surface area contributed by atoms with Crippen molar-refractivity contribution in [3.05, 3.63) is 23.3 Å². The molecule has 0 aromatic heterocycles. The molecule has 0 aromatic rings. The lowest BCUT2D eigenvalue weighted by molar-refractivity contribution is -0.136. The van der Waals surface area contributed by atoms with Crippen molar-refractivity contribution in [2.75, 3.05) is 7.11 Å². The Hall–Kier alpha value is -1.05. The van der Waals surface area contributed by atoms with Crippen molar-refractivity contribution < 1.29 is 9.53 Å². The van der Waals surface area contributed by atoms with Gasteiger partial charge < -0.3 is 4.74 Å². The summed E-state index contributed by atoms with van der Waals surface area (Å²) in [6, 6.07) is 0. The van der Waals surface area contributed by atoms with Crippen LogP contribution in [-0.4, -0.2) is 13.1 Å². The number of carbonyl (C=O) groups is 1. The maximum atomic E-state index is 11.1. The highest BCUT2D eigenvalue weighted by Crippen LogP contribution is 2.19. The average molecular weight is 152 g/mol. The predicted molar refractivity (Wildman–Crippen MR) is 43.1 cm³/mol. The molecule has 0 saturated heterocycles. The number of ether oxygens (including phenoxy) is 1. The van der Waals surface area contributed by atoms with Gasteiger partial charge in [-0.05, 0) is 25.3 Å². The van der Waals surface area contributed by atoms with Crippen LogP contribution in [0.3, 0.4) is 0 Å². The summed E-state index contributed by atoms with van der Waals surface area (Å²) in [7, 11) is 1.42. The normalized spacial score (nSPS) is 16.9. The molecule has 0 amide bonds. The van der Waals surface area contributed by atoms with Crippen LogP contribution in [0.15, 0.2) is 23.3 Å². The highest BCUT2D eigenvalue weighted by Gasteiger charge is 2.13. The molecular weight excluding hydrogens is 140 g/mol. The van der Waals surface area contributed by atoms with E-state index in [1.165, 1.54) is 7.11 Å². The van der Waals surface area contributed by atoms with Crippen LogP contribution in [0, 0.1) is 0 Å². The third-order valence-electron chi connectivity index (χ3n) is 1.84. The van der Waals surface area contributed by atoms with Crippen molar-refractivity contribution in [2.24, 2.45) is 0 Å². The fraction of sp³-hybridized carbons (Fsp3) is 0.444. The zero-order chi connectivity index (χ0) is 8.27. The average Bonchev–Trinajstić information content (AvgIpc) is 2.04. The lowest BCUT2D eigenvalue weighted by atomic mass is 9.99. The molecule has 60 valence electrons. The Kier molecular flexibility index (Phi) is 2.47. The molecule has 0 aliphatic heterocycles. The van der Waals surface area contributed by atoms with Gasteiger partial charge in [0.15, 0.2) is 0 Å². The molecular formula is C9H12O2. The van der Waals surface area contributed by atoms with Crippen LogP contribution >= 0.6 is 0 Å². The van der Waals surface area contributed by atoms with Gasteiger partial charge in [-0.3, -0.25) is 0 Å². The Bertz CT molecular complexity index is 224. The van der Waals surface area contributed by atoms with E-state index in [4.69, 9.17) is 0 Å².